The highest BCUT2D eigenvalue weighted by Crippen LogP contribution is 2.27. The highest BCUT2D eigenvalue weighted by molar-refractivity contribution is 7.91. The van der Waals surface area contributed by atoms with E-state index in [9.17, 15) is 13.2 Å². The number of hydrogen-bond donors (Lipinski definition) is 1. The third kappa shape index (κ3) is 4.33. The molecule has 4 rings (SSSR count). The molecular weight excluding hydrogens is 420 g/mol. The predicted octanol–water partition coefficient (Wildman–Crippen LogP) is 3.21. The molecule has 7 nitrogen and oxygen atoms in total. The van der Waals surface area contributed by atoms with Gasteiger partial charge in [-0.15, -0.1) is 11.3 Å². The zero-order valence-corrected chi connectivity index (χ0v) is 18.3. The molecule has 0 radical (unpaired) electrons. The maximum Gasteiger partial charge on any atom is 0.252 e. The van der Waals surface area contributed by atoms with Crippen LogP contribution in [-0.2, 0) is 14.8 Å². The molecule has 0 saturated carbocycles. The molecule has 1 N–H and O–H groups in total. The Bertz CT molecular complexity index is 1070. The maximum atomic E-state index is 12.7. The number of nitrogens with one attached hydrogen (secondary N) is 1. The summed E-state index contributed by atoms with van der Waals surface area (Å²) >= 11 is 1.22. The fraction of sp³-hybridized carbons (Fsp3) is 0.333. The Morgan fingerprint density at radius 1 is 1.20 bits per heavy atom. The van der Waals surface area contributed by atoms with Gasteiger partial charge in [-0.25, -0.2) is 13.4 Å². The standard InChI is InChI=1S/C21H24N4O3S2/c1-16(17-4-6-19(7-5-17)24-13-10-22-15-24)23-21(26)18-8-11-25(12-9-18)30(27,28)20-3-2-14-29-20/h2-7,10,13-16,18H,8-9,11-12H2,1H3,(H,23,26). The van der Waals surface area contributed by atoms with E-state index in [4.69, 9.17) is 0 Å². The molecule has 2 aromatic heterocycles. The summed E-state index contributed by atoms with van der Waals surface area (Å²) in [5, 5.41) is 4.84. The maximum absolute atomic E-state index is 12.7. The predicted molar refractivity (Wildman–Crippen MR) is 116 cm³/mol. The molecule has 1 amide bonds. The van der Waals surface area contributed by atoms with Crippen LogP contribution < -0.4 is 5.32 Å². The number of amides is 1. The molecule has 0 aliphatic carbocycles. The van der Waals surface area contributed by atoms with Crippen LogP contribution in [0.2, 0.25) is 0 Å². The first-order valence-electron chi connectivity index (χ1n) is 9.87. The van der Waals surface area contributed by atoms with Crippen LogP contribution in [0.3, 0.4) is 0 Å². The second-order valence-electron chi connectivity index (χ2n) is 7.40. The molecule has 1 aliphatic heterocycles. The molecule has 0 bridgehead atoms. The smallest absolute Gasteiger partial charge is 0.252 e. The number of hydrogen-bond acceptors (Lipinski definition) is 5. The van der Waals surface area contributed by atoms with E-state index in [0.717, 1.165) is 11.3 Å². The van der Waals surface area contributed by atoms with E-state index >= 15 is 0 Å². The van der Waals surface area contributed by atoms with E-state index in [0.29, 0.717) is 30.1 Å². The van der Waals surface area contributed by atoms with Crippen molar-refractivity contribution in [3.8, 4) is 5.69 Å². The summed E-state index contributed by atoms with van der Waals surface area (Å²) in [5.74, 6) is -0.193. The first-order chi connectivity index (χ1) is 14.4. The van der Waals surface area contributed by atoms with Crippen molar-refractivity contribution in [1.82, 2.24) is 19.2 Å². The molecule has 158 valence electrons. The van der Waals surface area contributed by atoms with Crippen LogP contribution >= 0.6 is 11.3 Å². The van der Waals surface area contributed by atoms with Gasteiger partial charge in [0.15, 0.2) is 0 Å². The summed E-state index contributed by atoms with van der Waals surface area (Å²) in [6, 6.07) is 11.2. The minimum atomic E-state index is -3.44. The molecule has 1 atom stereocenters. The highest BCUT2D eigenvalue weighted by Gasteiger charge is 2.32. The van der Waals surface area contributed by atoms with Gasteiger partial charge in [-0.1, -0.05) is 18.2 Å². The topological polar surface area (TPSA) is 84.3 Å². The molecule has 1 unspecified atom stereocenters. The molecule has 3 heterocycles. The van der Waals surface area contributed by atoms with Crippen molar-refractivity contribution in [1.29, 1.82) is 0 Å². The SMILES string of the molecule is CC(NC(=O)C1CCN(S(=O)(=O)c2cccs2)CC1)c1ccc(-n2ccnc2)cc1. The number of thiophene rings is 1. The number of sulfonamides is 1. The van der Waals surface area contributed by atoms with Gasteiger partial charge in [0.25, 0.3) is 10.0 Å². The van der Waals surface area contributed by atoms with Crippen LogP contribution in [0.15, 0.2) is 64.7 Å². The highest BCUT2D eigenvalue weighted by atomic mass is 32.2. The van der Waals surface area contributed by atoms with Gasteiger partial charge in [0.1, 0.15) is 4.21 Å². The van der Waals surface area contributed by atoms with Crippen LogP contribution in [0.25, 0.3) is 5.69 Å². The number of piperidine rings is 1. The molecular formula is C21H24N4O3S2. The Labute approximate surface area is 180 Å². The Kier molecular flexibility index (Phi) is 6.03. The molecule has 1 saturated heterocycles. The zero-order chi connectivity index (χ0) is 21.1. The summed E-state index contributed by atoms with van der Waals surface area (Å²) in [7, 11) is -3.44. The first-order valence-corrected chi connectivity index (χ1v) is 12.2. The van der Waals surface area contributed by atoms with Crippen molar-refractivity contribution in [2.75, 3.05) is 13.1 Å². The van der Waals surface area contributed by atoms with E-state index in [1.807, 2.05) is 42.0 Å². The van der Waals surface area contributed by atoms with Gasteiger partial charge in [-0.2, -0.15) is 4.31 Å². The normalized spacial score (nSPS) is 17.0. The lowest BCUT2D eigenvalue weighted by Gasteiger charge is -2.30. The Hall–Kier alpha value is -2.49. The summed E-state index contributed by atoms with van der Waals surface area (Å²) < 4.78 is 29.0. The van der Waals surface area contributed by atoms with Gasteiger partial charge in [-0.3, -0.25) is 4.79 Å². The van der Waals surface area contributed by atoms with Gasteiger partial charge in [0.05, 0.1) is 12.4 Å². The fourth-order valence-electron chi connectivity index (χ4n) is 3.66. The Morgan fingerprint density at radius 2 is 1.93 bits per heavy atom. The van der Waals surface area contributed by atoms with E-state index < -0.39 is 10.0 Å². The number of carbonyl (C=O) groups excluding carboxylic acids is 1. The van der Waals surface area contributed by atoms with Gasteiger partial charge in [0, 0.05) is 37.1 Å². The number of benzene rings is 1. The van der Waals surface area contributed by atoms with Crippen molar-refractivity contribution in [2.24, 2.45) is 5.92 Å². The largest absolute Gasteiger partial charge is 0.349 e. The van der Waals surface area contributed by atoms with Crippen molar-refractivity contribution < 1.29 is 13.2 Å². The van der Waals surface area contributed by atoms with E-state index in [-0.39, 0.29) is 17.9 Å². The second kappa shape index (κ2) is 8.71. The molecule has 9 heteroatoms. The number of carbonyl (C=O) groups is 1. The average Bonchev–Trinajstić information content (AvgIpc) is 3.48. The fourth-order valence-corrected chi connectivity index (χ4v) is 6.27. The third-order valence-corrected chi connectivity index (χ3v) is 8.74. The summed E-state index contributed by atoms with van der Waals surface area (Å²) in [6.07, 6.45) is 6.41. The Balaban J connectivity index is 1.32. The molecule has 0 spiro atoms. The van der Waals surface area contributed by atoms with Crippen molar-refractivity contribution in [2.45, 2.75) is 30.0 Å². The zero-order valence-electron chi connectivity index (χ0n) is 16.6. The van der Waals surface area contributed by atoms with E-state index in [1.54, 1.807) is 30.0 Å². The van der Waals surface area contributed by atoms with Crippen LogP contribution in [0, 0.1) is 5.92 Å². The molecule has 30 heavy (non-hydrogen) atoms. The monoisotopic (exact) mass is 444 g/mol. The molecule has 3 aromatic rings. The van der Waals surface area contributed by atoms with Crippen molar-refractivity contribution in [3.63, 3.8) is 0 Å². The van der Waals surface area contributed by atoms with Crippen molar-refractivity contribution >= 4 is 27.3 Å². The summed E-state index contributed by atoms with van der Waals surface area (Å²) in [4.78, 5) is 16.8. The quantitative estimate of drug-likeness (QED) is 0.633. The minimum absolute atomic E-state index is 0.0191. The number of rotatable bonds is 6. The lowest BCUT2D eigenvalue weighted by molar-refractivity contribution is -0.126. The van der Waals surface area contributed by atoms with Gasteiger partial charge < -0.3 is 9.88 Å². The second-order valence-corrected chi connectivity index (χ2v) is 10.5. The number of nitrogens with zero attached hydrogens (tertiary/aromatic N) is 3. The summed E-state index contributed by atoms with van der Waals surface area (Å²) in [6.45, 7) is 2.69. The molecule has 1 aromatic carbocycles. The number of aromatic nitrogens is 2. The summed E-state index contributed by atoms with van der Waals surface area (Å²) in [5.41, 5.74) is 2.03. The van der Waals surface area contributed by atoms with Crippen molar-refractivity contribution in [3.05, 3.63) is 66.1 Å². The van der Waals surface area contributed by atoms with Gasteiger partial charge in [0.2, 0.25) is 5.91 Å². The lowest BCUT2D eigenvalue weighted by atomic mass is 9.96. The van der Waals surface area contributed by atoms with E-state index in [2.05, 4.69) is 10.3 Å². The van der Waals surface area contributed by atoms with Gasteiger partial charge in [-0.05, 0) is 48.9 Å². The minimum Gasteiger partial charge on any atom is -0.349 e. The molecule has 1 fully saturated rings. The number of imidazole rings is 1. The van der Waals surface area contributed by atoms with Crippen LogP contribution in [-0.4, -0.2) is 41.3 Å². The third-order valence-electron chi connectivity index (χ3n) is 5.47. The average molecular weight is 445 g/mol. The van der Waals surface area contributed by atoms with E-state index in [1.165, 1.54) is 15.6 Å². The van der Waals surface area contributed by atoms with Crippen LogP contribution in [0.5, 0.6) is 0 Å². The van der Waals surface area contributed by atoms with Crippen LogP contribution in [0.1, 0.15) is 31.4 Å². The Morgan fingerprint density at radius 3 is 2.53 bits per heavy atom. The molecule has 1 aliphatic rings. The van der Waals surface area contributed by atoms with Gasteiger partial charge >= 0.3 is 0 Å². The first kappa shape index (κ1) is 20.8. The lowest BCUT2D eigenvalue weighted by Crippen LogP contribution is -2.43. The van der Waals surface area contributed by atoms with Crippen LogP contribution in [0.4, 0.5) is 0 Å².